The van der Waals surface area contributed by atoms with Crippen molar-refractivity contribution < 1.29 is 9.90 Å². The van der Waals surface area contributed by atoms with Gasteiger partial charge >= 0.3 is 0 Å². The molecule has 4 nitrogen and oxygen atoms in total. The van der Waals surface area contributed by atoms with E-state index < -0.39 is 0 Å². The van der Waals surface area contributed by atoms with Crippen LogP contribution in [0.5, 0.6) is 0 Å². The highest BCUT2D eigenvalue weighted by Gasteiger charge is 2.27. The normalized spacial score (nSPS) is 16.3. The van der Waals surface area contributed by atoms with Gasteiger partial charge in [-0.05, 0) is 31.4 Å². The molecule has 1 aromatic heterocycles. The van der Waals surface area contributed by atoms with E-state index in [0.717, 1.165) is 18.4 Å². The topological polar surface area (TPSA) is 53.4 Å². The van der Waals surface area contributed by atoms with E-state index in [2.05, 4.69) is 4.98 Å². The van der Waals surface area contributed by atoms with Gasteiger partial charge in [-0.2, -0.15) is 0 Å². The third kappa shape index (κ3) is 3.32. The number of aryl methyl sites for hydroxylation is 1. The van der Waals surface area contributed by atoms with Gasteiger partial charge in [0.2, 0.25) is 0 Å². The monoisotopic (exact) mass is 262 g/mol. The fourth-order valence-corrected chi connectivity index (χ4v) is 2.80. The standard InChI is InChI=1S/C15H22N2O2/c1-12-6-5-9-16-14(12)15(19)17(10-11-18)13-7-3-2-4-8-13/h5-6,9,13,18H,2-4,7-8,10-11H2,1H3. The van der Waals surface area contributed by atoms with Crippen LogP contribution in [0.4, 0.5) is 0 Å². The van der Waals surface area contributed by atoms with Crippen LogP contribution >= 0.6 is 0 Å². The molecule has 4 heteroatoms. The summed E-state index contributed by atoms with van der Waals surface area (Å²) in [7, 11) is 0. The van der Waals surface area contributed by atoms with Crippen LogP contribution < -0.4 is 0 Å². The molecule has 1 aromatic rings. The Morgan fingerprint density at radius 1 is 1.42 bits per heavy atom. The van der Waals surface area contributed by atoms with Crippen LogP contribution in [0.15, 0.2) is 18.3 Å². The minimum atomic E-state index is -0.0425. The summed E-state index contributed by atoms with van der Waals surface area (Å²) in [6.07, 6.45) is 7.32. The summed E-state index contributed by atoms with van der Waals surface area (Å²) in [5.74, 6) is -0.0425. The highest BCUT2D eigenvalue weighted by molar-refractivity contribution is 5.93. The Balaban J connectivity index is 2.18. The van der Waals surface area contributed by atoms with Crippen molar-refractivity contribution in [3.05, 3.63) is 29.6 Å². The molecular weight excluding hydrogens is 240 g/mol. The van der Waals surface area contributed by atoms with Crippen molar-refractivity contribution >= 4 is 5.91 Å². The zero-order valence-corrected chi connectivity index (χ0v) is 11.5. The van der Waals surface area contributed by atoms with Crippen molar-refractivity contribution in [2.75, 3.05) is 13.2 Å². The number of aromatic nitrogens is 1. The summed E-state index contributed by atoms with van der Waals surface area (Å²) in [4.78, 5) is 18.6. The van der Waals surface area contributed by atoms with Crippen LogP contribution in [-0.2, 0) is 0 Å². The molecule has 1 saturated carbocycles. The number of hydrogen-bond donors (Lipinski definition) is 1. The lowest BCUT2D eigenvalue weighted by Crippen LogP contribution is -2.43. The first-order valence-electron chi connectivity index (χ1n) is 7.07. The molecule has 0 radical (unpaired) electrons. The molecule has 0 bridgehead atoms. The molecule has 1 aliphatic rings. The molecule has 0 atom stereocenters. The molecule has 0 unspecified atom stereocenters. The summed E-state index contributed by atoms with van der Waals surface area (Å²) in [5, 5.41) is 9.22. The fourth-order valence-electron chi connectivity index (χ4n) is 2.80. The maximum Gasteiger partial charge on any atom is 0.273 e. The van der Waals surface area contributed by atoms with E-state index in [4.69, 9.17) is 0 Å². The molecule has 2 rings (SSSR count). The second-order valence-corrected chi connectivity index (χ2v) is 5.18. The third-order valence-corrected chi connectivity index (χ3v) is 3.83. The number of amides is 1. The van der Waals surface area contributed by atoms with Gasteiger partial charge in [-0.1, -0.05) is 25.3 Å². The molecule has 0 spiro atoms. The molecule has 0 aromatic carbocycles. The highest BCUT2D eigenvalue weighted by Crippen LogP contribution is 2.24. The number of carbonyl (C=O) groups excluding carboxylic acids is 1. The number of aliphatic hydroxyl groups is 1. The maximum atomic E-state index is 12.6. The Bertz CT molecular complexity index is 428. The predicted molar refractivity (Wildman–Crippen MR) is 74.0 cm³/mol. The number of nitrogens with zero attached hydrogens (tertiary/aromatic N) is 2. The first-order chi connectivity index (χ1) is 9.24. The number of hydrogen-bond acceptors (Lipinski definition) is 3. The Hall–Kier alpha value is -1.42. The Kier molecular flexibility index (Phi) is 4.91. The SMILES string of the molecule is Cc1cccnc1C(=O)N(CCO)C1CCCCC1. The van der Waals surface area contributed by atoms with Gasteiger partial charge in [0.15, 0.2) is 0 Å². The van der Waals surface area contributed by atoms with Crippen LogP contribution in [0.3, 0.4) is 0 Å². The number of carbonyl (C=O) groups is 1. The van der Waals surface area contributed by atoms with Gasteiger partial charge in [-0.25, -0.2) is 0 Å². The number of pyridine rings is 1. The largest absolute Gasteiger partial charge is 0.395 e. The quantitative estimate of drug-likeness (QED) is 0.904. The molecule has 1 amide bonds. The van der Waals surface area contributed by atoms with Crippen LogP contribution in [0.2, 0.25) is 0 Å². The van der Waals surface area contributed by atoms with E-state index in [1.807, 2.05) is 24.0 Å². The number of aliphatic hydroxyl groups excluding tert-OH is 1. The predicted octanol–water partition coefficient (Wildman–Crippen LogP) is 2.16. The van der Waals surface area contributed by atoms with E-state index in [1.54, 1.807) is 6.20 Å². The second-order valence-electron chi connectivity index (χ2n) is 5.18. The molecule has 1 N–H and O–H groups in total. The molecule has 19 heavy (non-hydrogen) atoms. The van der Waals surface area contributed by atoms with Crippen molar-refractivity contribution in [1.29, 1.82) is 0 Å². The summed E-state index contributed by atoms with van der Waals surface area (Å²) in [5.41, 5.74) is 1.41. The van der Waals surface area contributed by atoms with E-state index >= 15 is 0 Å². The average molecular weight is 262 g/mol. The van der Waals surface area contributed by atoms with Crippen LogP contribution in [-0.4, -0.2) is 40.1 Å². The van der Waals surface area contributed by atoms with Crippen molar-refractivity contribution in [3.63, 3.8) is 0 Å². The van der Waals surface area contributed by atoms with Crippen LogP contribution in [0, 0.1) is 6.92 Å². The van der Waals surface area contributed by atoms with Crippen molar-refractivity contribution in [1.82, 2.24) is 9.88 Å². The number of rotatable bonds is 4. The zero-order valence-electron chi connectivity index (χ0n) is 11.5. The van der Waals surface area contributed by atoms with E-state index in [1.165, 1.54) is 19.3 Å². The molecular formula is C15H22N2O2. The van der Waals surface area contributed by atoms with Gasteiger partial charge in [0, 0.05) is 18.8 Å². The van der Waals surface area contributed by atoms with Crippen molar-refractivity contribution in [3.8, 4) is 0 Å². The maximum absolute atomic E-state index is 12.6. The average Bonchev–Trinajstić information content (AvgIpc) is 2.45. The second kappa shape index (κ2) is 6.66. The van der Waals surface area contributed by atoms with Crippen molar-refractivity contribution in [2.45, 2.75) is 45.1 Å². The lowest BCUT2D eigenvalue weighted by Gasteiger charge is -2.34. The van der Waals surface area contributed by atoms with Gasteiger partial charge in [0.25, 0.3) is 5.91 Å². The third-order valence-electron chi connectivity index (χ3n) is 3.83. The molecule has 0 saturated heterocycles. The Morgan fingerprint density at radius 3 is 2.79 bits per heavy atom. The summed E-state index contributed by atoms with van der Waals surface area (Å²) >= 11 is 0. The Morgan fingerprint density at radius 2 is 2.16 bits per heavy atom. The minimum Gasteiger partial charge on any atom is -0.395 e. The molecule has 1 fully saturated rings. The first kappa shape index (κ1) is 14.0. The highest BCUT2D eigenvalue weighted by atomic mass is 16.3. The summed E-state index contributed by atoms with van der Waals surface area (Å²) in [6.45, 7) is 2.31. The lowest BCUT2D eigenvalue weighted by atomic mass is 9.94. The Labute approximate surface area is 114 Å². The molecule has 1 aliphatic carbocycles. The van der Waals surface area contributed by atoms with Gasteiger partial charge in [0.05, 0.1) is 6.61 Å². The summed E-state index contributed by atoms with van der Waals surface area (Å²) in [6, 6.07) is 4.00. The van der Waals surface area contributed by atoms with E-state index in [-0.39, 0.29) is 18.6 Å². The van der Waals surface area contributed by atoms with Crippen LogP contribution in [0.1, 0.15) is 48.2 Å². The van der Waals surface area contributed by atoms with Gasteiger partial charge in [0.1, 0.15) is 5.69 Å². The lowest BCUT2D eigenvalue weighted by molar-refractivity contribution is 0.0578. The fraction of sp³-hybridized carbons (Fsp3) is 0.600. The van der Waals surface area contributed by atoms with E-state index in [9.17, 15) is 9.90 Å². The van der Waals surface area contributed by atoms with Crippen molar-refractivity contribution in [2.24, 2.45) is 0 Å². The molecule has 0 aliphatic heterocycles. The smallest absolute Gasteiger partial charge is 0.273 e. The summed E-state index contributed by atoms with van der Waals surface area (Å²) < 4.78 is 0. The molecule has 104 valence electrons. The van der Waals surface area contributed by atoms with Gasteiger partial charge < -0.3 is 10.0 Å². The van der Waals surface area contributed by atoms with Gasteiger partial charge in [-0.15, -0.1) is 0 Å². The minimum absolute atomic E-state index is 0.00806. The van der Waals surface area contributed by atoms with E-state index in [0.29, 0.717) is 12.2 Å². The van der Waals surface area contributed by atoms with Gasteiger partial charge in [-0.3, -0.25) is 9.78 Å². The molecule has 1 heterocycles. The first-order valence-corrected chi connectivity index (χ1v) is 7.07. The van der Waals surface area contributed by atoms with Crippen LogP contribution in [0.25, 0.3) is 0 Å². The zero-order chi connectivity index (χ0) is 13.7.